The van der Waals surface area contributed by atoms with Gasteiger partial charge in [-0.25, -0.2) is 0 Å². The summed E-state index contributed by atoms with van der Waals surface area (Å²) < 4.78 is 11.1. The van der Waals surface area contributed by atoms with Gasteiger partial charge in [0, 0.05) is 24.6 Å². The molecule has 4 rings (SSSR count). The molecule has 23 heavy (non-hydrogen) atoms. The molecule has 2 aliphatic carbocycles. The SMILES string of the molecule is COc1ccc(C(=O)N2CC(O)C3(CC3)C2)c(OCC2CC2)c1. The minimum Gasteiger partial charge on any atom is -0.497 e. The van der Waals surface area contributed by atoms with Gasteiger partial charge in [0.25, 0.3) is 5.91 Å². The summed E-state index contributed by atoms with van der Waals surface area (Å²) in [6, 6.07) is 5.35. The van der Waals surface area contributed by atoms with Crippen LogP contribution in [0.2, 0.25) is 0 Å². The van der Waals surface area contributed by atoms with Crippen LogP contribution in [0.4, 0.5) is 0 Å². The van der Waals surface area contributed by atoms with Crippen molar-refractivity contribution in [3.63, 3.8) is 0 Å². The highest BCUT2D eigenvalue weighted by atomic mass is 16.5. The van der Waals surface area contributed by atoms with Gasteiger partial charge >= 0.3 is 0 Å². The molecule has 0 aromatic heterocycles. The zero-order valence-corrected chi connectivity index (χ0v) is 13.5. The molecule has 0 radical (unpaired) electrons. The lowest BCUT2D eigenvalue weighted by Gasteiger charge is -2.19. The van der Waals surface area contributed by atoms with Gasteiger partial charge in [-0.1, -0.05) is 0 Å². The van der Waals surface area contributed by atoms with E-state index in [1.54, 1.807) is 30.2 Å². The first-order valence-electron chi connectivity index (χ1n) is 8.39. The molecule has 5 nitrogen and oxygen atoms in total. The number of hydrogen-bond donors (Lipinski definition) is 1. The largest absolute Gasteiger partial charge is 0.497 e. The second kappa shape index (κ2) is 5.41. The van der Waals surface area contributed by atoms with Crippen molar-refractivity contribution in [3.8, 4) is 11.5 Å². The maximum Gasteiger partial charge on any atom is 0.257 e. The van der Waals surface area contributed by atoms with Crippen molar-refractivity contribution in [1.82, 2.24) is 4.90 Å². The normalized spacial score (nSPS) is 24.8. The topological polar surface area (TPSA) is 59.0 Å². The summed E-state index contributed by atoms with van der Waals surface area (Å²) in [5, 5.41) is 10.2. The van der Waals surface area contributed by atoms with Gasteiger partial charge in [-0.3, -0.25) is 4.79 Å². The summed E-state index contributed by atoms with van der Waals surface area (Å²) in [6.45, 7) is 1.73. The second-order valence-electron chi connectivity index (χ2n) is 7.18. The van der Waals surface area contributed by atoms with E-state index in [0.717, 1.165) is 12.8 Å². The molecule has 1 heterocycles. The average Bonchev–Trinajstić information content (AvgIpc) is 3.46. The number of methoxy groups -OCH3 is 1. The van der Waals surface area contributed by atoms with Crippen molar-refractivity contribution < 1.29 is 19.4 Å². The van der Waals surface area contributed by atoms with Crippen LogP contribution in [0.15, 0.2) is 18.2 Å². The number of β-amino-alcohol motifs (C(OH)–C–C–N with tert-alkyl or cyclic N) is 1. The van der Waals surface area contributed by atoms with Gasteiger partial charge in [-0.2, -0.15) is 0 Å². The van der Waals surface area contributed by atoms with Crippen molar-refractivity contribution in [2.75, 3.05) is 26.8 Å². The third-order valence-electron chi connectivity index (χ3n) is 5.38. The number of ether oxygens (including phenoxy) is 2. The summed E-state index contributed by atoms with van der Waals surface area (Å²) in [5.74, 6) is 1.84. The lowest BCUT2D eigenvalue weighted by atomic mass is 10.0. The van der Waals surface area contributed by atoms with Crippen LogP contribution in [0.3, 0.4) is 0 Å². The number of hydrogen-bond acceptors (Lipinski definition) is 4. The van der Waals surface area contributed by atoms with Crippen LogP contribution in [0.5, 0.6) is 11.5 Å². The van der Waals surface area contributed by atoms with E-state index in [2.05, 4.69) is 0 Å². The Hall–Kier alpha value is -1.75. The van der Waals surface area contributed by atoms with E-state index >= 15 is 0 Å². The molecule has 1 saturated heterocycles. The molecule has 1 atom stereocenters. The Morgan fingerprint density at radius 2 is 2.17 bits per heavy atom. The molecule has 3 fully saturated rings. The zero-order chi connectivity index (χ0) is 16.0. The molecule has 1 N–H and O–H groups in total. The molecule has 1 aliphatic heterocycles. The molecule has 5 heteroatoms. The van der Waals surface area contributed by atoms with Crippen LogP contribution >= 0.6 is 0 Å². The molecule has 1 amide bonds. The van der Waals surface area contributed by atoms with E-state index in [9.17, 15) is 9.90 Å². The Bertz CT molecular complexity index is 621. The van der Waals surface area contributed by atoms with E-state index in [1.807, 2.05) is 0 Å². The van der Waals surface area contributed by atoms with Gasteiger partial charge in [0.1, 0.15) is 11.5 Å². The van der Waals surface area contributed by atoms with Gasteiger partial charge < -0.3 is 19.5 Å². The Morgan fingerprint density at radius 1 is 1.39 bits per heavy atom. The molecular weight excluding hydrogens is 294 g/mol. The molecule has 3 aliphatic rings. The van der Waals surface area contributed by atoms with Crippen molar-refractivity contribution in [2.24, 2.45) is 11.3 Å². The third kappa shape index (κ3) is 2.78. The number of rotatable bonds is 5. The summed E-state index contributed by atoms with van der Waals surface area (Å²) in [7, 11) is 1.61. The number of nitrogens with zero attached hydrogens (tertiary/aromatic N) is 1. The highest BCUT2D eigenvalue weighted by Gasteiger charge is 2.55. The number of amides is 1. The first-order valence-corrected chi connectivity index (χ1v) is 8.39. The molecule has 1 aromatic carbocycles. The van der Waals surface area contributed by atoms with E-state index in [4.69, 9.17) is 9.47 Å². The van der Waals surface area contributed by atoms with Gasteiger partial charge in [0.2, 0.25) is 0 Å². The summed E-state index contributed by atoms with van der Waals surface area (Å²) >= 11 is 0. The lowest BCUT2D eigenvalue weighted by Crippen LogP contribution is -2.30. The molecule has 0 bridgehead atoms. The fraction of sp³-hybridized carbons (Fsp3) is 0.611. The summed E-state index contributed by atoms with van der Waals surface area (Å²) in [5.41, 5.74) is 0.535. The predicted molar refractivity (Wildman–Crippen MR) is 84.8 cm³/mol. The van der Waals surface area contributed by atoms with E-state index in [1.165, 1.54) is 12.8 Å². The minimum atomic E-state index is -0.388. The zero-order valence-electron chi connectivity index (χ0n) is 13.5. The molecule has 1 aromatic rings. The Kier molecular flexibility index (Phi) is 3.48. The number of aliphatic hydroxyl groups excluding tert-OH is 1. The fourth-order valence-corrected chi connectivity index (χ4v) is 3.35. The van der Waals surface area contributed by atoms with Crippen LogP contribution in [0.1, 0.15) is 36.0 Å². The highest BCUT2D eigenvalue weighted by molar-refractivity contribution is 5.97. The van der Waals surface area contributed by atoms with Crippen molar-refractivity contribution in [2.45, 2.75) is 31.8 Å². The molecule has 2 saturated carbocycles. The fourth-order valence-electron chi connectivity index (χ4n) is 3.35. The summed E-state index contributed by atoms with van der Waals surface area (Å²) in [4.78, 5) is 14.7. The van der Waals surface area contributed by atoms with Crippen molar-refractivity contribution in [1.29, 1.82) is 0 Å². The van der Waals surface area contributed by atoms with Gasteiger partial charge in [0.05, 0.1) is 25.4 Å². The predicted octanol–water partition coefficient (Wildman–Crippen LogP) is 2.08. The Balaban J connectivity index is 1.55. The quantitative estimate of drug-likeness (QED) is 0.903. The van der Waals surface area contributed by atoms with Gasteiger partial charge in [-0.05, 0) is 43.7 Å². The summed E-state index contributed by atoms with van der Waals surface area (Å²) in [6.07, 6.45) is 4.06. The van der Waals surface area contributed by atoms with Crippen LogP contribution in [-0.4, -0.2) is 48.8 Å². The first kappa shape index (κ1) is 14.8. The van der Waals surface area contributed by atoms with Gasteiger partial charge in [0.15, 0.2) is 0 Å². The van der Waals surface area contributed by atoms with Crippen LogP contribution in [-0.2, 0) is 0 Å². The third-order valence-corrected chi connectivity index (χ3v) is 5.38. The maximum atomic E-state index is 12.9. The average molecular weight is 317 g/mol. The van der Waals surface area contributed by atoms with Crippen LogP contribution in [0, 0.1) is 11.3 Å². The molecule has 1 spiro atoms. The van der Waals surface area contributed by atoms with E-state index in [-0.39, 0.29) is 17.4 Å². The number of carbonyl (C=O) groups is 1. The number of likely N-dealkylation sites (tertiary alicyclic amines) is 1. The molecule has 124 valence electrons. The monoisotopic (exact) mass is 317 g/mol. The standard InChI is InChI=1S/C18H23NO4/c1-22-13-4-5-14(15(8-13)23-10-12-2-3-12)17(21)19-9-16(20)18(11-19)6-7-18/h4-5,8,12,16,20H,2-3,6-7,9-11H2,1H3. The first-order chi connectivity index (χ1) is 11.1. The van der Waals surface area contributed by atoms with Gasteiger partial charge in [-0.15, -0.1) is 0 Å². The Labute approximate surface area is 136 Å². The maximum absolute atomic E-state index is 12.9. The molecule has 1 unspecified atom stereocenters. The van der Waals surface area contributed by atoms with Crippen LogP contribution < -0.4 is 9.47 Å². The van der Waals surface area contributed by atoms with E-state index in [0.29, 0.717) is 42.7 Å². The highest BCUT2D eigenvalue weighted by Crippen LogP contribution is 2.53. The lowest BCUT2D eigenvalue weighted by molar-refractivity contribution is 0.0759. The number of carbonyl (C=O) groups excluding carboxylic acids is 1. The van der Waals surface area contributed by atoms with Crippen LogP contribution in [0.25, 0.3) is 0 Å². The smallest absolute Gasteiger partial charge is 0.257 e. The van der Waals surface area contributed by atoms with Crippen molar-refractivity contribution >= 4 is 5.91 Å². The van der Waals surface area contributed by atoms with Crippen molar-refractivity contribution in [3.05, 3.63) is 23.8 Å². The number of benzene rings is 1. The Morgan fingerprint density at radius 3 is 2.78 bits per heavy atom. The number of aliphatic hydroxyl groups is 1. The minimum absolute atomic E-state index is 0.0306. The van der Waals surface area contributed by atoms with E-state index < -0.39 is 0 Å². The second-order valence-corrected chi connectivity index (χ2v) is 7.18. The molecular formula is C18H23NO4.